The molecule has 3 aromatic rings. The predicted octanol–water partition coefficient (Wildman–Crippen LogP) is 4.59. The third kappa shape index (κ3) is 6.18. The third-order valence-corrected chi connectivity index (χ3v) is 7.97. The van der Waals surface area contributed by atoms with E-state index < -0.39 is 15.9 Å². The smallest absolute Gasteiger partial charge is 0.264 e. The molecule has 0 bridgehead atoms. The number of sulfonamides is 1. The number of nitrogens with one attached hydrogen (secondary N) is 1. The maximum absolute atomic E-state index is 13.6. The van der Waals surface area contributed by atoms with Crippen molar-refractivity contribution in [3.8, 4) is 5.75 Å². The molecule has 1 saturated heterocycles. The van der Waals surface area contributed by atoms with Crippen molar-refractivity contribution >= 4 is 27.3 Å². The molecular weight excluding hydrogens is 474 g/mol. The van der Waals surface area contributed by atoms with Gasteiger partial charge in [-0.2, -0.15) is 0 Å². The first-order valence-corrected chi connectivity index (χ1v) is 13.8. The number of nitrogens with zero attached hydrogens (tertiary/aromatic N) is 2. The van der Waals surface area contributed by atoms with Gasteiger partial charge in [0.1, 0.15) is 12.3 Å². The molecule has 190 valence electrons. The lowest BCUT2D eigenvalue weighted by Gasteiger charge is -2.29. The second kappa shape index (κ2) is 11.9. The molecule has 0 radical (unpaired) electrons. The average molecular weight is 508 g/mol. The van der Waals surface area contributed by atoms with E-state index >= 15 is 0 Å². The van der Waals surface area contributed by atoms with Crippen LogP contribution in [0.25, 0.3) is 0 Å². The van der Waals surface area contributed by atoms with Crippen LogP contribution in [0.3, 0.4) is 0 Å². The summed E-state index contributed by atoms with van der Waals surface area (Å²) < 4.78 is 33.9. The largest absolute Gasteiger partial charge is 0.492 e. The Morgan fingerprint density at radius 3 is 2.28 bits per heavy atom. The molecule has 0 spiro atoms. The van der Waals surface area contributed by atoms with E-state index in [4.69, 9.17) is 4.74 Å². The highest BCUT2D eigenvalue weighted by Crippen LogP contribution is 2.32. The normalized spacial score (nSPS) is 13.8. The number of benzene rings is 3. The van der Waals surface area contributed by atoms with Crippen molar-refractivity contribution < 1.29 is 17.9 Å². The molecule has 1 amide bonds. The maximum atomic E-state index is 13.6. The fourth-order valence-electron chi connectivity index (χ4n) is 4.32. The predicted molar refractivity (Wildman–Crippen MR) is 143 cm³/mol. The zero-order chi connectivity index (χ0) is 25.4. The topological polar surface area (TPSA) is 79.0 Å². The molecular formula is C28H33N3O4S. The SMILES string of the molecule is CCOc1ccccc1N(CC(=O)NCc1ccc(N2CCCCC2)cc1)S(=O)(=O)c1ccccc1. The first-order chi connectivity index (χ1) is 17.5. The first kappa shape index (κ1) is 25.6. The third-order valence-electron chi connectivity index (χ3n) is 6.20. The molecule has 1 N–H and O–H groups in total. The number of anilines is 2. The van der Waals surface area contributed by atoms with Crippen molar-refractivity contribution in [2.45, 2.75) is 37.6 Å². The number of hydrogen-bond acceptors (Lipinski definition) is 5. The van der Waals surface area contributed by atoms with Crippen molar-refractivity contribution in [1.82, 2.24) is 5.32 Å². The van der Waals surface area contributed by atoms with Crippen LogP contribution < -0.4 is 19.3 Å². The zero-order valence-corrected chi connectivity index (χ0v) is 21.4. The molecule has 1 fully saturated rings. The fourth-order valence-corrected chi connectivity index (χ4v) is 5.78. The zero-order valence-electron chi connectivity index (χ0n) is 20.6. The number of carbonyl (C=O) groups excluding carboxylic acids is 1. The Morgan fingerprint density at radius 2 is 1.58 bits per heavy atom. The van der Waals surface area contributed by atoms with Crippen LogP contribution in [-0.2, 0) is 21.4 Å². The lowest BCUT2D eigenvalue weighted by molar-refractivity contribution is -0.119. The van der Waals surface area contributed by atoms with E-state index in [1.807, 2.05) is 19.1 Å². The second-order valence-electron chi connectivity index (χ2n) is 8.72. The Labute approximate surface area is 213 Å². The summed E-state index contributed by atoms with van der Waals surface area (Å²) in [5.74, 6) is 0.00141. The van der Waals surface area contributed by atoms with Crippen LogP contribution in [0.2, 0.25) is 0 Å². The van der Waals surface area contributed by atoms with Crippen molar-refractivity contribution in [3.05, 3.63) is 84.4 Å². The lowest BCUT2D eigenvalue weighted by atomic mass is 10.1. The van der Waals surface area contributed by atoms with Crippen LogP contribution in [0, 0.1) is 0 Å². The van der Waals surface area contributed by atoms with Gasteiger partial charge in [0.15, 0.2) is 0 Å². The van der Waals surface area contributed by atoms with E-state index in [0.717, 1.165) is 23.0 Å². The summed E-state index contributed by atoms with van der Waals surface area (Å²) in [5.41, 5.74) is 2.47. The summed E-state index contributed by atoms with van der Waals surface area (Å²) in [4.78, 5) is 15.5. The van der Waals surface area contributed by atoms with Gasteiger partial charge in [-0.15, -0.1) is 0 Å². The summed E-state index contributed by atoms with van der Waals surface area (Å²) in [6.45, 7) is 4.29. The van der Waals surface area contributed by atoms with Gasteiger partial charge >= 0.3 is 0 Å². The van der Waals surface area contributed by atoms with E-state index in [1.54, 1.807) is 42.5 Å². The van der Waals surface area contributed by atoms with E-state index in [2.05, 4.69) is 22.3 Å². The van der Waals surface area contributed by atoms with Crippen LogP contribution in [0.5, 0.6) is 5.75 Å². The van der Waals surface area contributed by atoms with Crippen LogP contribution in [0.1, 0.15) is 31.7 Å². The average Bonchev–Trinajstić information content (AvgIpc) is 2.92. The van der Waals surface area contributed by atoms with Gasteiger partial charge in [0.05, 0.1) is 17.2 Å². The van der Waals surface area contributed by atoms with Crippen molar-refractivity contribution in [1.29, 1.82) is 0 Å². The van der Waals surface area contributed by atoms with Gasteiger partial charge in [-0.3, -0.25) is 9.10 Å². The second-order valence-corrected chi connectivity index (χ2v) is 10.6. The Hall–Kier alpha value is -3.52. The molecule has 0 aromatic heterocycles. The lowest BCUT2D eigenvalue weighted by Crippen LogP contribution is -2.40. The standard InChI is InChI=1S/C28H33N3O4S/c1-2-35-27-14-8-7-13-26(27)31(36(33,34)25-11-5-3-6-12-25)22-28(32)29-21-23-15-17-24(18-16-23)30-19-9-4-10-20-30/h3,5-8,11-18H,2,4,9-10,19-22H2,1H3,(H,29,32). The fraction of sp³-hybridized carbons (Fsp3) is 0.321. The van der Waals surface area contributed by atoms with Gasteiger partial charge in [-0.05, 0) is 68.1 Å². The molecule has 4 rings (SSSR count). The first-order valence-electron chi connectivity index (χ1n) is 12.4. The molecule has 8 heteroatoms. The van der Waals surface area contributed by atoms with Crippen LogP contribution in [-0.4, -0.2) is 40.6 Å². The Morgan fingerprint density at radius 1 is 0.917 bits per heavy atom. The number of hydrogen-bond donors (Lipinski definition) is 1. The van der Waals surface area contributed by atoms with Crippen LogP contribution in [0.4, 0.5) is 11.4 Å². The highest BCUT2D eigenvalue weighted by molar-refractivity contribution is 7.92. The number of para-hydroxylation sites is 2. The van der Waals surface area contributed by atoms with Gasteiger partial charge in [0, 0.05) is 25.3 Å². The molecule has 7 nitrogen and oxygen atoms in total. The summed E-state index contributed by atoms with van der Waals surface area (Å²) in [6, 6.07) is 23.1. The minimum atomic E-state index is -4.00. The molecule has 0 saturated carbocycles. The van der Waals surface area contributed by atoms with E-state index in [0.29, 0.717) is 24.6 Å². The van der Waals surface area contributed by atoms with Crippen molar-refractivity contribution in [2.24, 2.45) is 0 Å². The molecule has 0 aliphatic carbocycles. The summed E-state index contributed by atoms with van der Waals surface area (Å²) in [5, 5.41) is 2.87. The Bertz CT molecular complexity index is 1240. The van der Waals surface area contributed by atoms with Gasteiger partial charge < -0.3 is 15.0 Å². The van der Waals surface area contributed by atoms with E-state index in [9.17, 15) is 13.2 Å². The van der Waals surface area contributed by atoms with Crippen molar-refractivity contribution in [3.63, 3.8) is 0 Å². The summed E-state index contributed by atoms with van der Waals surface area (Å²) >= 11 is 0. The summed E-state index contributed by atoms with van der Waals surface area (Å²) in [7, 11) is -4.00. The van der Waals surface area contributed by atoms with E-state index in [-0.39, 0.29) is 11.4 Å². The van der Waals surface area contributed by atoms with Gasteiger partial charge in [-0.25, -0.2) is 8.42 Å². The monoisotopic (exact) mass is 507 g/mol. The van der Waals surface area contributed by atoms with Crippen LogP contribution >= 0.6 is 0 Å². The van der Waals surface area contributed by atoms with Crippen LogP contribution in [0.15, 0.2) is 83.8 Å². The number of piperidine rings is 1. The van der Waals surface area contributed by atoms with Gasteiger partial charge in [0.25, 0.3) is 10.0 Å². The minimum Gasteiger partial charge on any atom is -0.492 e. The Kier molecular flexibility index (Phi) is 8.48. The maximum Gasteiger partial charge on any atom is 0.264 e. The minimum absolute atomic E-state index is 0.109. The highest BCUT2D eigenvalue weighted by Gasteiger charge is 2.29. The summed E-state index contributed by atoms with van der Waals surface area (Å²) in [6.07, 6.45) is 3.71. The number of amides is 1. The van der Waals surface area contributed by atoms with E-state index in [1.165, 1.54) is 37.1 Å². The van der Waals surface area contributed by atoms with Crippen molar-refractivity contribution in [2.75, 3.05) is 35.4 Å². The molecule has 1 aliphatic heterocycles. The number of rotatable bonds is 10. The Balaban J connectivity index is 1.50. The highest BCUT2D eigenvalue weighted by atomic mass is 32.2. The molecule has 0 atom stereocenters. The molecule has 1 heterocycles. The molecule has 1 aliphatic rings. The van der Waals surface area contributed by atoms with Gasteiger partial charge in [-0.1, -0.05) is 42.5 Å². The molecule has 0 unspecified atom stereocenters. The number of ether oxygens (including phenoxy) is 1. The molecule has 3 aromatic carbocycles. The van der Waals surface area contributed by atoms with Gasteiger partial charge in [0.2, 0.25) is 5.91 Å². The number of carbonyl (C=O) groups is 1. The molecule has 36 heavy (non-hydrogen) atoms. The quantitative estimate of drug-likeness (QED) is 0.434.